The standard InChI is InChI=1S/C18H25Br2NO2/c19-15-6-5-14(16(20)13-15)7-10-23-18-4-2-1-3-17(18)21-8-11-22-12-9-21/h5-6,13,17-18H,1-4,7-12H2/t17-,18-/m1/s1. The third-order valence-electron chi connectivity index (χ3n) is 4.90. The van der Waals surface area contributed by atoms with E-state index in [-0.39, 0.29) is 0 Å². The molecule has 5 heteroatoms. The maximum absolute atomic E-state index is 6.32. The summed E-state index contributed by atoms with van der Waals surface area (Å²) in [5.41, 5.74) is 1.31. The number of nitrogens with zero attached hydrogens (tertiary/aromatic N) is 1. The summed E-state index contributed by atoms with van der Waals surface area (Å²) < 4.78 is 14.1. The largest absolute Gasteiger partial charge is 0.379 e. The van der Waals surface area contributed by atoms with E-state index in [1.54, 1.807) is 0 Å². The molecule has 0 unspecified atom stereocenters. The van der Waals surface area contributed by atoms with Crippen LogP contribution in [0, 0.1) is 0 Å². The van der Waals surface area contributed by atoms with Gasteiger partial charge in [-0.05, 0) is 37.0 Å². The molecule has 2 fully saturated rings. The molecule has 0 amide bonds. The lowest BCUT2D eigenvalue weighted by atomic mass is 9.91. The molecule has 0 N–H and O–H groups in total. The molecule has 1 aliphatic carbocycles. The summed E-state index contributed by atoms with van der Waals surface area (Å²) in [5, 5.41) is 0. The molecular formula is C18H25Br2NO2. The second-order valence-corrected chi connectivity index (χ2v) is 8.17. The van der Waals surface area contributed by atoms with E-state index in [9.17, 15) is 0 Å². The van der Waals surface area contributed by atoms with Crippen molar-refractivity contribution in [2.75, 3.05) is 32.9 Å². The van der Waals surface area contributed by atoms with Gasteiger partial charge in [-0.1, -0.05) is 50.8 Å². The van der Waals surface area contributed by atoms with Crippen LogP contribution in [0.2, 0.25) is 0 Å². The lowest BCUT2D eigenvalue weighted by Crippen LogP contribution is -2.51. The fraction of sp³-hybridized carbons (Fsp3) is 0.667. The van der Waals surface area contributed by atoms with Crippen molar-refractivity contribution in [2.24, 2.45) is 0 Å². The predicted molar refractivity (Wildman–Crippen MR) is 99.9 cm³/mol. The Hall–Kier alpha value is 0.0600. The molecular weight excluding hydrogens is 422 g/mol. The molecule has 23 heavy (non-hydrogen) atoms. The SMILES string of the molecule is Brc1ccc(CCO[C@@H]2CCCC[C@H]2N2CCOCC2)c(Br)c1. The van der Waals surface area contributed by atoms with Crippen LogP contribution in [0.25, 0.3) is 0 Å². The maximum atomic E-state index is 6.32. The van der Waals surface area contributed by atoms with E-state index in [0.29, 0.717) is 12.1 Å². The number of hydrogen-bond donors (Lipinski definition) is 0. The van der Waals surface area contributed by atoms with Gasteiger partial charge in [0, 0.05) is 28.1 Å². The lowest BCUT2D eigenvalue weighted by molar-refractivity contribution is -0.0647. The van der Waals surface area contributed by atoms with Crippen LogP contribution in [-0.2, 0) is 15.9 Å². The zero-order valence-corrected chi connectivity index (χ0v) is 16.6. The van der Waals surface area contributed by atoms with Crippen LogP contribution in [0.4, 0.5) is 0 Å². The monoisotopic (exact) mass is 445 g/mol. The van der Waals surface area contributed by atoms with Crippen molar-refractivity contribution >= 4 is 31.9 Å². The average Bonchev–Trinajstić information content (AvgIpc) is 2.58. The van der Waals surface area contributed by atoms with Crippen LogP contribution in [0.1, 0.15) is 31.2 Å². The van der Waals surface area contributed by atoms with Crippen molar-refractivity contribution in [2.45, 2.75) is 44.2 Å². The first-order valence-electron chi connectivity index (χ1n) is 8.61. The minimum absolute atomic E-state index is 0.385. The van der Waals surface area contributed by atoms with Gasteiger partial charge in [0.2, 0.25) is 0 Å². The van der Waals surface area contributed by atoms with Gasteiger partial charge in [0.15, 0.2) is 0 Å². The highest BCUT2D eigenvalue weighted by Crippen LogP contribution is 2.27. The molecule has 3 nitrogen and oxygen atoms in total. The summed E-state index contributed by atoms with van der Waals surface area (Å²) in [5.74, 6) is 0. The van der Waals surface area contributed by atoms with Gasteiger partial charge in [0.1, 0.15) is 0 Å². The predicted octanol–water partition coefficient (Wildman–Crippen LogP) is 4.41. The average molecular weight is 447 g/mol. The highest BCUT2D eigenvalue weighted by molar-refractivity contribution is 9.11. The summed E-state index contributed by atoms with van der Waals surface area (Å²) in [6.07, 6.45) is 6.44. The summed E-state index contributed by atoms with van der Waals surface area (Å²) in [6, 6.07) is 6.95. The van der Waals surface area contributed by atoms with Gasteiger partial charge in [-0.25, -0.2) is 0 Å². The minimum atomic E-state index is 0.385. The minimum Gasteiger partial charge on any atom is -0.379 e. The van der Waals surface area contributed by atoms with Crippen molar-refractivity contribution in [3.05, 3.63) is 32.7 Å². The van der Waals surface area contributed by atoms with Crippen LogP contribution < -0.4 is 0 Å². The third kappa shape index (κ3) is 5.02. The number of ether oxygens (including phenoxy) is 2. The Bertz CT molecular complexity index is 506. The summed E-state index contributed by atoms with van der Waals surface area (Å²) in [6.45, 7) is 4.65. The Morgan fingerprint density at radius 2 is 1.91 bits per heavy atom. The van der Waals surface area contributed by atoms with E-state index in [0.717, 1.165) is 48.3 Å². The Morgan fingerprint density at radius 1 is 1.13 bits per heavy atom. The van der Waals surface area contributed by atoms with Crippen LogP contribution in [0.3, 0.4) is 0 Å². The molecule has 0 radical (unpaired) electrons. The first-order valence-corrected chi connectivity index (χ1v) is 10.2. The quantitative estimate of drug-likeness (QED) is 0.668. The van der Waals surface area contributed by atoms with E-state index >= 15 is 0 Å². The summed E-state index contributed by atoms with van der Waals surface area (Å²) in [4.78, 5) is 2.59. The first-order chi connectivity index (χ1) is 11.2. The Balaban J connectivity index is 1.52. The van der Waals surface area contributed by atoms with Gasteiger partial charge in [-0.3, -0.25) is 4.90 Å². The van der Waals surface area contributed by atoms with Crippen LogP contribution in [0.15, 0.2) is 27.1 Å². The Labute approximate surface area is 156 Å². The molecule has 1 aromatic carbocycles. The molecule has 1 aromatic rings. The van der Waals surface area contributed by atoms with Gasteiger partial charge in [0.25, 0.3) is 0 Å². The van der Waals surface area contributed by atoms with E-state index < -0.39 is 0 Å². The molecule has 1 aliphatic heterocycles. The molecule has 128 valence electrons. The van der Waals surface area contributed by atoms with Crippen molar-refractivity contribution in [1.29, 1.82) is 0 Å². The van der Waals surface area contributed by atoms with Crippen molar-refractivity contribution in [3.63, 3.8) is 0 Å². The van der Waals surface area contributed by atoms with Gasteiger partial charge >= 0.3 is 0 Å². The van der Waals surface area contributed by atoms with Crippen LogP contribution >= 0.6 is 31.9 Å². The maximum Gasteiger partial charge on any atom is 0.0730 e. The topological polar surface area (TPSA) is 21.7 Å². The molecule has 1 heterocycles. The van der Waals surface area contributed by atoms with E-state index in [1.165, 1.54) is 31.2 Å². The molecule has 3 rings (SSSR count). The van der Waals surface area contributed by atoms with E-state index in [2.05, 4.69) is 55.0 Å². The van der Waals surface area contributed by atoms with Crippen molar-refractivity contribution in [1.82, 2.24) is 4.90 Å². The van der Waals surface area contributed by atoms with E-state index in [4.69, 9.17) is 9.47 Å². The van der Waals surface area contributed by atoms with E-state index in [1.807, 2.05) is 0 Å². The van der Waals surface area contributed by atoms with Crippen molar-refractivity contribution < 1.29 is 9.47 Å². The zero-order valence-electron chi connectivity index (χ0n) is 13.5. The highest BCUT2D eigenvalue weighted by Gasteiger charge is 2.31. The smallest absolute Gasteiger partial charge is 0.0730 e. The normalized spacial score (nSPS) is 26.3. The number of rotatable bonds is 5. The summed E-state index contributed by atoms with van der Waals surface area (Å²) in [7, 11) is 0. The number of halogens is 2. The zero-order chi connectivity index (χ0) is 16.1. The molecule has 1 saturated heterocycles. The second kappa shape index (κ2) is 8.95. The third-order valence-corrected chi connectivity index (χ3v) is 6.13. The molecule has 0 bridgehead atoms. The first kappa shape index (κ1) is 17.9. The fourth-order valence-corrected chi connectivity index (χ4v) is 4.89. The molecule has 2 aliphatic rings. The van der Waals surface area contributed by atoms with Gasteiger partial charge in [-0.2, -0.15) is 0 Å². The number of hydrogen-bond acceptors (Lipinski definition) is 3. The lowest BCUT2D eigenvalue weighted by Gasteiger charge is -2.41. The molecule has 1 saturated carbocycles. The number of morpholine rings is 1. The van der Waals surface area contributed by atoms with Gasteiger partial charge in [-0.15, -0.1) is 0 Å². The summed E-state index contributed by atoms with van der Waals surface area (Å²) >= 11 is 7.14. The van der Waals surface area contributed by atoms with Crippen molar-refractivity contribution in [3.8, 4) is 0 Å². The highest BCUT2D eigenvalue weighted by atomic mass is 79.9. The Kier molecular flexibility index (Phi) is 6.95. The fourth-order valence-electron chi connectivity index (χ4n) is 3.64. The number of benzene rings is 1. The van der Waals surface area contributed by atoms with Gasteiger partial charge in [0.05, 0.1) is 25.9 Å². The molecule has 2 atom stereocenters. The molecule has 0 spiro atoms. The van der Waals surface area contributed by atoms with Crippen LogP contribution in [0.5, 0.6) is 0 Å². The molecule has 0 aromatic heterocycles. The van der Waals surface area contributed by atoms with Gasteiger partial charge < -0.3 is 9.47 Å². The second-order valence-electron chi connectivity index (χ2n) is 6.40. The Morgan fingerprint density at radius 3 is 2.70 bits per heavy atom. The van der Waals surface area contributed by atoms with Crippen LogP contribution in [-0.4, -0.2) is 50.0 Å².